The minimum absolute atomic E-state index is 0.240. The summed E-state index contributed by atoms with van der Waals surface area (Å²) in [4.78, 5) is 12.9. The van der Waals surface area contributed by atoms with Crippen LogP contribution >= 0.6 is 0 Å². The van der Waals surface area contributed by atoms with E-state index in [4.69, 9.17) is 14.0 Å². The van der Waals surface area contributed by atoms with Crippen LogP contribution in [0.4, 0.5) is 0 Å². The molecule has 2 aromatic rings. The topological polar surface area (TPSA) is 79.7 Å². The van der Waals surface area contributed by atoms with E-state index in [0.717, 1.165) is 25.2 Å². The molecule has 1 saturated heterocycles. The fourth-order valence-corrected chi connectivity index (χ4v) is 2.62. The van der Waals surface area contributed by atoms with Crippen molar-refractivity contribution in [2.24, 2.45) is 5.92 Å². The van der Waals surface area contributed by atoms with Crippen molar-refractivity contribution in [1.29, 1.82) is 0 Å². The highest BCUT2D eigenvalue weighted by molar-refractivity contribution is 5.67. The molecule has 2 aromatic heterocycles. The van der Waals surface area contributed by atoms with Crippen molar-refractivity contribution in [2.45, 2.75) is 19.4 Å². The second-order valence-corrected chi connectivity index (χ2v) is 5.15. The molecule has 0 radical (unpaired) electrons. The van der Waals surface area contributed by atoms with Crippen LogP contribution < -0.4 is 0 Å². The number of carboxylic acids is 1. The number of hydrogen-bond acceptors (Lipinski definition) is 5. The van der Waals surface area contributed by atoms with E-state index in [1.165, 1.54) is 0 Å². The second kappa shape index (κ2) is 5.50. The Bertz CT molecular complexity index is 576. The number of carbonyl (C=O) groups is 1. The molecule has 6 heteroatoms. The maximum atomic E-state index is 10.7. The van der Waals surface area contributed by atoms with Gasteiger partial charge in [-0.25, -0.2) is 0 Å². The van der Waals surface area contributed by atoms with E-state index >= 15 is 0 Å². The molecule has 1 atom stereocenters. The summed E-state index contributed by atoms with van der Waals surface area (Å²) in [6, 6.07) is 5.49. The lowest BCUT2D eigenvalue weighted by molar-refractivity contribution is -0.138. The van der Waals surface area contributed by atoms with Gasteiger partial charge in [-0.1, -0.05) is 5.16 Å². The van der Waals surface area contributed by atoms with E-state index in [-0.39, 0.29) is 12.3 Å². The monoisotopic (exact) mass is 276 g/mol. The molecular formula is C14H16N2O4. The Kier molecular flexibility index (Phi) is 3.56. The van der Waals surface area contributed by atoms with Gasteiger partial charge in [0.05, 0.1) is 12.0 Å². The van der Waals surface area contributed by atoms with Crippen LogP contribution in [0.3, 0.4) is 0 Å². The van der Waals surface area contributed by atoms with Gasteiger partial charge in [0, 0.05) is 25.6 Å². The predicted octanol–water partition coefficient (Wildman–Crippen LogP) is 2.23. The molecule has 1 aliphatic heterocycles. The molecule has 0 amide bonds. The molecule has 1 aliphatic rings. The fraction of sp³-hybridized carbons (Fsp3) is 0.429. The molecule has 106 valence electrons. The maximum absolute atomic E-state index is 10.7. The number of likely N-dealkylation sites (tertiary alicyclic amines) is 1. The first-order valence-electron chi connectivity index (χ1n) is 6.64. The van der Waals surface area contributed by atoms with Crippen LogP contribution in [0.1, 0.15) is 18.5 Å². The smallest absolute Gasteiger partial charge is 0.303 e. The minimum Gasteiger partial charge on any atom is -0.481 e. The summed E-state index contributed by atoms with van der Waals surface area (Å²) in [5, 5.41) is 12.8. The highest BCUT2D eigenvalue weighted by Crippen LogP contribution is 2.24. The summed E-state index contributed by atoms with van der Waals surface area (Å²) in [6.07, 6.45) is 2.76. The summed E-state index contributed by atoms with van der Waals surface area (Å²) in [5.74, 6) is 0.794. The van der Waals surface area contributed by atoms with Crippen molar-refractivity contribution < 1.29 is 18.8 Å². The zero-order valence-electron chi connectivity index (χ0n) is 11.0. The van der Waals surface area contributed by atoms with E-state index in [9.17, 15) is 4.79 Å². The molecule has 0 spiro atoms. The number of aromatic nitrogens is 1. The van der Waals surface area contributed by atoms with Crippen LogP contribution in [0.2, 0.25) is 0 Å². The SMILES string of the molecule is O=C(O)CC1CCN(Cc2cc(-c3ccco3)on2)C1. The summed E-state index contributed by atoms with van der Waals surface area (Å²) >= 11 is 0. The van der Waals surface area contributed by atoms with Gasteiger partial charge in [0.15, 0.2) is 5.76 Å². The van der Waals surface area contributed by atoms with Gasteiger partial charge in [0.25, 0.3) is 0 Å². The zero-order valence-corrected chi connectivity index (χ0v) is 11.0. The standard InChI is InChI=1S/C14H16N2O4/c17-14(18)6-10-3-4-16(8-10)9-11-7-13(20-15-11)12-2-1-5-19-12/h1-2,5,7,10H,3-4,6,8-9H2,(H,17,18). The van der Waals surface area contributed by atoms with E-state index in [2.05, 4.69) is 10.1 Å². The van der Waals surface area contributed by atoms with Crippen molar-refractivity contribution >= 4 is 5.97 Å². The largest absolute Gasteiger partial charge is 0.481 e. The third-order valence-electron chi connectivity index (χ3n) is 3.54. The summed E-state index contributed by atoms with van der Waals surface area (Å²) in [6.45, 7) is 2.39. The number of furan rings is 1. The normalized spacial score (nSPS) is 19.5. The van der Waals surface area contributed by atoms with Crippen molar-refractivity contribution in [3.05, 3.63) is 30.2 Å². The highest BCUT2D eigenvalue weighted by atomic mass is 16.5. The molecule has 0 aliphatic carbocycles. The van der Waals surface area contributed by atoms with Gasteiger partial charge in [-0.05, 0) is 31.0 Å². The van der Waals surface area contributed by atoms with Crippen molar-refractivity contribution in [3.8, 4) is 11.5 Å². The van der Waals surface area contributed by atoms with Gasteiger partial charge < -0.3 is 14.0 Å². The fourth-order valence-electron chi connectivity index (χ4n) is 2.62. The first-order chi connectivity index (χ1) is 9.70. The highest BCUT2D eigenvalue weighted by Gasteiger charge is 2.25. The van der Waals surface area contributed by atoms with Crippen LogP contribution in [-0.2, 0) is 11.3 Å². The van der Waals surface area contributed by atoms with E-state index < -0.39 is 5.97 Å². The molecule has 0 bridgehead atoms. The molecule has 3 rings (SSSR count). The first kappa shape index (κ1) is 12.9. The van der Waals surface area contributed by atoms with Crippen LogP contribution in [0, 0.1) is 5.92 Å². The zero-order chi connectivity index (χ0) is 13.9. The van der Waals surface area contributed by atoms with Crippen LogP contribution in [0.15, 0.2) is 33.4 Å². The molecular weight excluding hydrogens is 260 g/mol. The van der Waals surface area contributed by atoms with Crippen LogP contribution in [-0.4, -0.2) is 34.2 Å². The summed E-state index contributed by atoms with van der Waals surface area (Å²) < 4.78 is 10.5. The van der Waals surface area contributed by atoms with Crippen molar-refractivity contribution in [2.75, 3.05) is 13.1 Å². The Morgan fingerprint density at radius 1 is 1.50 bits per heavy atom. The Balaban J connectivity index is 1.58. The molecule has 1 fully saturated rings. The Labute approximate surface area is 116 Å². The lowest BCUT2D eigenvalue weighted by Crippen LogP contribution is -2.21. The second-order valence-electron chi connectivity index (χ2n) is 5.15. The predicted molar refractivity (Wildman–Crippen MR) is 69.8 cm³/mol. The molecule has 6 nitrogen and oxygen atoms in total. The van der Waals surface area contributed by atoms with Gasteiger partial charge in [-0.3, -0.25) is 9.69 Å². The minimum atomic E-state index is -0.724. The Morgan fingerprint density at radius 2 is 2.40 bits per heavy atom. The lowest BCUT2D eigenvalue weighted by atomic mass is 10.1. The third-order valence-corrected chi connectivity index (χ3v) is 3.54. The average Bonchev–Trinajstić information content (AvgIpc) is 3.09. The molecule has 0 aromatic carbocycles. The number of carboxylic acid groups (broad SMARTS) is 1. The maximum Gasteiger partial charge on any atom is 0.303 e. The molecule has 1 N–H and O–H groups in total. The summed E-state index contributed by atoms with van der Waals surface area (Å²) in [7, 11) is 0. The van der Waals surface area contributed by atoms with Crippen molar-refractivity contribution in [3.63, 3.8) is 0 Å². The first-order valence-corrected chi connectivity index (χ1v) is 6.64. The van der Waals surface area contributed by atoms with Crippen LogP contribution in [0.25, 0.3) is 11.5 Å². The van der Waals surface area contributed by atoms with E-state index in [1.807, 2.05) is 12.1 Å². The van der Waals surface area contributed by atoms with Gasteiger partial charge in [-0.15, -0.1) is 0 Å². The van der Waals surface area contributed by atoms with E-state index in [0.29, 0.717) is 18.1 Å². The molecule has 0 saturated carbocycles. The Morgan fingerprint density at radius 3 is 3.15 bits per heavy atom. The number of rotatable bonds is 5. The van der Waals surface area contributed by atoms with Gasteiger partial charge in [-0.2, -0.15) is 0 Å². The summed E-state index contributed by atoms with van der Waals surface area (Å²) in [5.41, 5.74) is 0.840. The van der Waals surface area contributed by atoms with Crippen LogP contribution in [0.5, 0.6) is 0 Å². The quantitative estimate of drug-likeness (QED) is 0.902. The molecule has 1 unspecified atom stereocenters. The average molecular weight is 276 g/mol. The van der Waals surface area contributed by atoms with Gasteiger partial charge >= 0.3 is 5.97 Å². The van der Waals surface area contributed by atoms with E-state index in [1.54, 1.807) is 12.3 Å². The number of nitrogens with zero attached hydrogens (tertiary/aromatic N) is 2. The number of aliphatic carboxylic acids is 1. The molecule has 3 heterocycles. The van der Waals surface area contributed by atoms with Gasteiger partial charge in [0.2, 0.25) is 5.76 Å². The molecule has 20 heavy (non-hydrogen) atoms. The third kappa shape index (κ3) is 2.91. The Hall–Kier alpha value is -2.08. The van der Waals surface area contributed by atoms with Gasteiger partial charge in [0.1, 0.15) is 0 Å². The number of hydrogen-bond donors (Lipinski definition) is 1. The lowest BCUT2D eigenvalue weighted by Gasteiger charge is -2.13. The van der Waals surface area contributed by atoms with Crippen molar-refractivity contribution in [1.82, 2.24) is 10.1 Å².